The van der Waals surface area contributed by atoms with Crippen LogP contribution in [0.1, 0.15) is 30.1 Å². The van der Waals surface area contributed by atoms with Crippen LogP contribution in [-0.4, -0.2) is 47.1 Å². The van der Waals surface area contributed by atoms with Gasteiger partial charge in [-0.3, -0.25) is 9.59 Å². The monoisotopic (exact) mass is 310 g/mol. The number of carbonyl (C=O) groups is 2. The van der Waals surface area contributed by atoms with E-state index in [0.29, 0.717) is 30.1 Å². The fourth-order valence-corrected chi connectivity index (χ4v) is 2.53. The summed E-state index contributed by atoms with van der Waals surface area (Å²) in [7, 11) is 0. The Morgan fingerprint density at radius 3 is 2.67 bits per heavy atom. The van der Waals surface area contributed by atoms with Gasteiger partial charge in [0.05, 0.1) is 12.1 Å². The summed E-state index contributed by atoms with van der Waals surface area (Å²) in [5.74, 6) is -0.499. The van der Waals surface area contributed by atoms with Crippen LogP contribution in [0.25, 0.3) is 0 Å². The minimum absolute atomic E-state index is 0.0719. The molecule has 5 nitrogen and oxygen atoms in total. The predicted molar refractivity (Wildman–Crippen MR) is 80.2 cm³/mol. The lowest BCUT2D eigenvalue weighted by atomic mass is 9.95. The van der Waals surface area contributed by atoms with Gasteiger partial charge in [0.15, 0.2) is 0 Å². The Kier molecular flexibility index (Phi) is 4.85. The van der Waals surface area contributed by atoms with Crippen LogP contribution in [0.2, 0.25) is 5.02 Å². The van der Waals surface area contributed by atoms with E-state index in [0.717, 1.165) is 6.42 Å². The molecule has 0 aromatic heterocycles. The van der Waals surface area contributed by atoms with Gasteiger partial charge in [-0.05, 0) is 44.0 Å². The van der Waals surface area contributed by atoms with E-state index in [2.05, 4.69) is 5.32 Å². The Labute approximate surface area is 128 Å². The molecule has 0 spiro atoms. The van der Waals surface area contributed by atoms with Crippen LogP contribution in [0.5, 0.6) is 0 Å². The van der Waals surface area contributed by atoms with Gasteiger partial charge in [-0.1, -0.05) is 11.6 Å². The molecular formula is C15H19ClN2O3. The molecule has 1 fully saturated rings. The van der Waals surface area contributed by atoms with Crippen LogP contribution < -0.4 is 5.32 Å². The maximum atomic E-state index is 12.1. The first-order chi connectivity index (χ1) is 9.87. The average Bonchev–Trinajstić information content (AvgIpc) is 2.44. The molecular weight excluding hydrogens is 292 g/mol. The van der Waals surface area contributed by atoms with Crippen molar-refractivity contribution in [2.24, 2.45) is 0 Å². The zero-order valence-corrected chi connectivity index (χ0v) is 12.7. The van der Waals surface area contributed by atoms with E-state index in [9.17, 15) is 14.7 Å². The highest BCUT2D eigenvalue weighted by molar-refractivity contribution is 6.30. The molecule has 1 unspecified atom stereocenters. The predicted octanol–water partition coefficient (Wildman–Crippen LogP) is 1.44. The van der Waals surface area contributed by atoms with Crippen molar-refractivity contribution in [1.82, 2.24) is 10.2 Å². The average molecular weight is 311 g/mol. The molecule has 114 valence electrons. The smallest absolute Gasteiger partial charge is 0.251 e. The second-order valence-corrected chi connectivity index (χ2v) is 6.04. The zero-order valence-electron chi connectivity index (χ0n) is 11.9. The summed E-state index contributed by atoms with van der Waals surface area (Å²) in [4.78, 5) is 25.5. The van der Waals surface area contributed by atoms with Crippen LogP contribution in [0.3, 0.4) is 0 Å². The van der Waals surface area contributed by atoms with Crippen LogP contribution >= 0.6 is 11.6 Å². The summed E-state index contributed by atoms with van der Waals surface area (Å²) in [6.07, 6.45) is 1.46. The molecule has 1 aliphatic heterocycles. The van der Waals surface area contributed by atoms with Crippen molar-refractivity contribution in [2.75, 3.05) is 19.6 Å². The van der Waals surface area contributed by atoms with Crippen molar-refractivity contribution in [3.8, 4) is 0 Å². The first-order valence-electron chi connectivity index (χ1n) is 6.91. The van der Waals surface area contributed by atoms with E-state index in [-0.39, 0.29) is 18.4 Å². The molecule has 1 aromatic carbocycles. The number of hydrogen-bond acceptors (Lipinski definition) is 3. The summed E-state index contributed by atoms with van der Waals surface area (Å²) < 4.78 is 0. The lowest BCUT2D eigenvalue weighted by Crippen LogP contribution is -2.51. The number of nitrogens with zero attached hydrogens (tertiary/aromatic N) is 1. The first kappa shape index (κ1) is 15.8. The van der Waals surface area contributed by atoms with E-state index < -0.39 is 5.60 Å². The van der Waals surface area contributed by atoms with E-state index >= 15 is 0 Å². The van der Waals surface area contributed by atoms with E-state index in [1.165, 1.54) is 0 Å². The lowest BCUT2D eigenvalue weighted by Gasteiger charge is -2.36. The first-order valence-corrected chi connectivity index (χ1v) is 7.29. The van der Waals surface area contributed by atoms with Crippen molar-refractivity contribution >= 4 is 23.4 Å². The van der Waals surface area contributed by atoms with Gasteiger partial charge in [-0.25, -0.2) is 0 Å². The Hall–Kier alpha value is -1.59. The molecule has 2 rings (SSSR count). The molecule has 1 aromatic rings. The second-order valence-electron chi connectivity index (χ2n) is 5.61. The number of aliphatic hydroxyl groups is 1. The molecule has 0 bridgehead atoms. The van der Waals surface area contributed by atoms with E-state index in [1.807, 2.05) is 0 Å². The lowest BCUT2D eigenvalue weighted by molar-refractivity contribution is -0.136. The van der Waals surface area contributed by atoms with Gasteiger partial charge in [0, 0.05) is 23.7 Å². The van der Waals surface area contributed by atoms with Gasteiger partial charge in [0.25, 0.3) is 5.91 Å². The third kappa shape index (κ3) is 4.44. The Bertz CT molecular complexity index is 528. The second kappa shape index (κ2) is 6.45. The number of likely N-dealkylation sites (tertiary alicyclic amines) is 1. The molecule has 1 aliphatic rings. The summed E-state index contributed by atoms with van der Waals surface area (Å²) in [6.45, 7) is 2.57. The number of β-amino-alcohol motifs (C(OH)–C–C–N with tert-alkyl or cyclic N) is 1. The standard InChI is InChI=1S/C15H19ClN2O3/c1-15(21)7-2-8-18(10-15)13(19)9-17-14(20)11-3-5-12(16)6-4-11/h3-6,21H,2,7-10H2,1H3,(H,17,20). The van der Waals surface area contributed by atoms with Gasteiger partial charge in [-0.2, -0.15) is 0 Å². The number of nitrogens with one attached hydrogen (secondary N) is 1. The van der Waals surface area contributed by atoms with Crippen molar-refractivity contribution < 1.29 is 14.7 Å². The highest BCUT2D eigenvalue weighted by Crippen LogP contribution is 2.20. The Morgan fingerprint density at radius 2 is 2.05 bits per heavy atom. The summed E-state index contributed by atoms with van der Waals surface area (Å²) in [5.41, 5.74) is -0.383. The number of hydrogen-bond donors (Lipinski definition) is 2. The number of rotatable bonds is 3. The maximum Gasteiger partial charge on any atom is 0.251 e. The van der Waals surface area contributed by atoms with Crippen molar-refractivity contribution in [3.05, 3.63) is 34.9 Å². The summed E-state index contributed by atoms with van der Waals surface area (Å²) in [5, 5.41) is 13.1. The third-order valence-electron chi connectivity index (χ3n) is 3.53. The highest BCUT2D eigenvalue weighted by atomic mass is 35.5. The largest absolute Gasteiger partial charge is 0.388 e. The fraction of sp³-hybridized carbons (Fsp3) is 0.467. The van der Waals surface area contributed by atoms with Crippen LogP contribution in [0, 0.1) is 0 Å². The number of amides is 2. The number of halogens is 1. The highest BCUT2D eigenvalue weighted by Gasteiger charge is 2.30. The van der Waals surface area contributed by atoms with Crippen molar-refractivity contribution in [1.29, 1.82) is 0 Å². The zero-order chi connectivity index (χ0) is 15.5. The molecule has 21 heavy (non-hydrogen) atoms. The molecule has 2 amide bonds. The summed E-state index contributed by atoms with van der Waals surface area (Å²) >= 11 is 5.76. The molecule has 0 radical (unpaired) electrons. The minimum Gasteiger partial charge on any atom is -0.388 e. The minimum atomic E-state index is -0.839. The number of carbonyl (C=O) groups excluding carboxylic acids is 2. The van der Waals surface area contributed by atoms with Crippen molar-refractivity contribution in [2.45, 2.75) is 25.4 Å². The van der Waals surface area contributed by atoms with Gasteiger partial charge in [-0.15, -0.1) is 0 Å². The molecule has 6 heteroatoms. The van der Waals surface area contributed by atoms with Gasteiger partial charge >= 0.3 is 0 Å². The third-order valence-corrected chi connectivity index (χ3v) is 3.79. The molecule has 0 aliphatic carbocycles. The molecule has 0 saturated carbocycles. The van der Waals surface area contributed by atoms with Crippen LogP contribution in [0.4, 0.5) is 0 Å². The van der Waals surface area contributed by atoms with E-state index in [4.69, 9.17) is 11.6 Å². The summed E-state index contributed by atoms with van der Waals surface area (Å²) in [6, 6.07) is 6.46. The maximum absolute atomic E-state index is 12.1. The Morgan fingerprint density at radius 1 is 1.38 bits per heavy atom. The number of benzene rings is 1. The van der Waals surface area contributed by atoms with E-state index in [1.54, 1.807) is 36.1 Å². The molecule has 1 atom stereocenters. The normalized spacial score (nSPS) is 22.0. The SMILES string of the molecule is CC1(O)CCCN(C(=O)CNC(=O)c2ccc(Cl)cc2)C1. The van der Waals surface area contributed by atoms with Gasteiger partial charge < -0.3 is 15.3 Å². The Balaban J connectivity index is 1.86. The van der Waals surface area contributed by atoms with Crippen LogP contribution in [-0.2, 0) is 4.79 Å². The van der Waals surface area contributed by atoms with Crippen LogP contribution in [0.15, 0.2) is 24.3 Å². The van der Waals surface area contributed by atoms with Crippen molar-refractivity contribution in [3.63, 3.8) is 0 Å². The topological polar surface area (TPSA) is 69.6 Å². The molecule has 1 heterocycles. The molecule has 2 N–H and O–H groups in total. The quantitative estimate of drug-likeness (QED) is 0.887. The van der Waals surface area contributed by atoms with Gasteiger partial charge in [0.2, 0.25) is 5.91 Å². The fourth-order valence-electron chi connectivity index (χ4n) is 2.40. The van der Waals surface area contributed by atoms with Gasteiger partial charge in [0.1, 0.15) is 0 Å². The molecule has 1 saturated heterocycles. The number of piperidine rings is 1.